The predicted molar refractivity (Wildman–Crippen MR) is 137 cm³/mol. The smallest absolute Gasteiger partial charge is 0.315 e. The monoisotopic (exact) mass is 514 g/mol. The van der Waals surface area contributed by atoms with E-state index in [2.05, 4.69) is 47.2 Å². The lowest BCUT2D eigenvalue weighted by molar-refractivity contribution is 0.133. The van der Waals surface area contributed by atoms with Crippen LogP contribution in [-0.4, -0.2) is 47.1 Å². The van der Waals surface area contributed by atoms with Gasteiger partial charge in [-0.2, -0.15) is 4.98 Å². The van der Waals surface area contributed by atoms with Crippen molar-refractivity contribution < 1.29 is 4.79 Å². The van der Waals surface area contributed by atoms with Crippen LogP contribution in [0.25, 0.3) is 0 Å². The minimum absolute atomic E-state index is 0.0586. The second-order valence-corrected chi connectivity index (χ2v) is 10.4. The first-order chi connectivity index (χ1) is 15.8. The maximum Gasteiger partial charge on any atom is 0.315 e. The minimum atomic E-state index is -0.351. The van der Waals surface area contributed by atoms with E-state index in [1.807, 2.05) is 29.2 Å². The van der Waals surface area contributed by atoms with Crippen LogP contribution in [-0.2, 0) is 12.8 Å². The van der Waals surface area contributed by atoms with Crippen LogP contribution in [0.1, 0.15) is 68.3 Å². The molecule has 1 aromatic carbocycles. The van der Waals surface area contributed by atoms with E-state index < -0.39 is 0 Å². The Kier molecular flexibility index (Phi) is 7.41. The van der Waals surface area contributed by atoms with Crippen LogP contribution < -0.4 is 16.0 Å². The lowest BCUT2D eigenvalue weighted by Crippen LogP contribution is -2.47. The lowest BCUT2D eigenvalue weighted by Gasteiger charge is -2.39. The highest BCUT2D eigenvalue weighted by molar-refractivity contribution is 9.10. The van der Waals surface area contributed by atoms with Crippen molar-refractivity contribution in [2.75, 3.05) is 24.3 Å². The summed E-state index contributed by atoms with van der Waals surface area (Å²) in [4.78, 5) is 26.1. The Bertz CT molecular complexity index is 972. The minimum Gasteiger partial charge on any atom is -0.362 e. The summed E-state index contributed by atoms with van der Waals surface area (Å²) in [6, 6.07) is 8.14. The van der Waals surface area contributed by atoms with Gasteiger partial charge in [-0.05, 0) is 76.0 Å². The van der Waals surface area contributed by atoms with E-state index in [0.717, 1.165) is 60.3 Å². The van der Waals surface area contributed by atoms with Crippen LogP contribution in [0.4, 0.5) is 16.6 Å². The predicted octanol–water partition coefficient (Wildman–Crippen LogP) is 5.05. The van der Waals surface area contributed by atoms with E-state index in [-0.39, 0.29) is 18.1 Å². The zero-order valence-electron chi connectivity index (χ0n) is 19.9. The number of carbonyl (C=O) groups is 1. The molecule has 33 heavy (non-hydrogen) atoms. The Morgan fingerprint density at radius 2 is 1.76 bits per heavy atom. The van der Waals surface area contributed by atoms with E-state index in [4.69, 9.17) is 15.7 Å². The molecule has 3 N–H and O–H groups in total. The Labute approximate surface area is 205 Å². The molecule has 2 aliphatic carbocycles. The molecule has 0 radical (unpaired) electrons. The number of amides is 2. The molecule has 2 amide bonds. The van der Waals surface area contributed by atoms with Crippen molar-refractivity contribution in [3.8, 4) is 0 Å². The van der Waals surface area contributed by atoms with Crippen LogP contribution in [0.15, 0.2) is 28.7 Å². The zero-order valence-corrected chi connectivity index (χ0v) is 21.4. The van der Waals surface area contributed by atoms with Gasteiger partial charge in [0.15, 0.2) is 0 Å². The number of aromatic nitrogens is 2. The number of nitrogens with one attached hydrogen (secondary N) is 1. The van der Waals surface area contributed by atoms with Crippen LogP contribution in [0.3, 0.4) is 0 Å². The van der Waals surface area contributed by atoms with Gasteiger partial charge in [0.2, 0.25) is 5.95 Å². The van der Waals surface area contributed by atoms with E-state index >= 15 is 0 Å². The molecule has 2 aliphatic rings. The Hall–Kier alpha value is -2.35. The molecule has 0 aliphatic heterocycles. The van der Waals surface area contributed by atoms with Gasteiger partial charge in [0.1, 0.15) is 5.82 Å². The number of carbonyl (C=O) groups excluding carboxylic acids is 1. The highest BCUT2D eigenvalue weighted by Gasteiger charge is 2.32. The number of aryl methyl sites for hydroxylation is 1. The fraction of sp³-hybridized carbons (Fsp3) is 0.560. The summed E-state index contributed by atoms with van der Waals surface area (Å²) in [5.41, 5.74) is 9.43. The van der Waals surface area contributed by atoms with Gasteiger partial charge in [0.25, 0.3) is 0 Å². The van der Waals surface area contributed by atoms with Crippen molar-refractivity contribution in [2.24, 2.45) is 5.73 Å². The number of rotatable bonds is 6. The van der Waals surface area contributed by atoms with Crippen molar-refractivity contribution in [1.29, 1.82) is 0 Å². The van der Waals surface area contributed by atoms with Crippen LogP contribution in [0, 0.1) is 0 Å². The highest BCUT2D eigenvalue weighted by atomic mass is 79.9. The zero-order chi connectivity index (χ0) is 23.5. The molecule has 0 spiro atoms. The molecule has 8 heteroatoms. The van der Waals surface area contributed by atoms with Gasteiger partial charge in [-0.15, -0.1) is 0 Å². The van der Waals surface area contributed by atoms with E-state index in [1.54, 1.807) is 0 Å². The number of nitrogens with zero attached hydrogens (tertiary/aromatic N) is 4. The van der Waals surface area contributed by atoms with Crippen LogP contribution >= 0.6 is 15.9 Å². The Balaban J connectivity index is 1.42. The summed E-state index contributed by atoms with van der Waals surface area (Å²) >= 11 is 3.48. The maximum atomic E-state index is 12.4. The SMILES string of the molecule is CC(c1ccc(Br)cc1)N(C(N)=O)[C@H]1CC[C@@H](Nc2nc3c(c(N(C)C)n2)CCCC3)CC1. The van der Waals surface area contributed by atoms with E-state index in [1.165, 1.54) is 24.1 Å². The molecular formula is C25H35BrN6O. The molecule has 178 valence electrons. The van der Waals surface area contributed by atoms with Crippen molar-refractivity contribution in [1.82, 2.24) is 14.9 Å². The van der Waals surface area contributed by atoms with Crippen molar-refractivity contribution >= 4 is 33.7 Å². The number of nitrogens with two attached hydrogens (primary N) is 1. The summed E-state index contributed by atoms with van der Waals surface area (Å²) in [5.74, 6) is 1.77. The molecular weight excluding hydrogens is 480 g/mol. The number of fused-ring (bicyclic) bond motifs is 1. The maximum absolute atomic E-state index is 12.4. The summed E-state index contributed by atoms with van der Waals surface area (Å²) in [7, 11) is 4.11. The number of halogens is 1. The fourth-order valence-corrected chi connectivity index (χ4v) is 5.54. The molecule has 1 fully saturated rings. The average Bonchev–Trinajstić information content (AvgIpc) is 2.80. The molecule has 7 nitrogen and oxygen atoms in total. The van der Waals surface area contributed by atoms with Gasteiger partial charge in [0, 0.05) is 36.2 Å². The van der Waals surface area contributed by atoms with Crippen LogP contribution in [0.2, 0.25) is 0 Å². The van der Waals surface area contributed by atoms with Gasteiger partial charge >= 0.3 is 6.03 Å². The number of hydrogen-bond donors (Lipinski definition) is 2. The standard InChI is InChI=1S/C25H35BrN6O/c1-16(17-8-10-18(26)11-9-17)32(24(27)33)20-14-12-19(13-15-20)28-25-29-22-7-5-4-6-21(22)23(30-25)31(2)3/h8-11,16,19-20H,4-7,12-15H2,1-3H3,(H2,27,33)(H,28,29,30)/t16?,19-,20+. The van der Waals surface area contributed by atoms with Gasteiger partial charge in [-0.3, -0.25) is 0 Å². The number of primary amides is 1. The number of hydrogen-bond acceptors (Lipinski definition) is 5. The molecule has 1 aromatic heterocycles. The van der Waals surface area contributed by atoms with Gasteiger partial charge in [0.05, 0.1) is 11.7 Å². The van der Waals surface area contributed by atoms with E-state index in [9.17, 15) is 4.79 Å². The molecule has 1 heterocycles. The summed E-state index contributed by atoms with van der Waals surface area (Å²) in [6.45, 7) is 2.06. The summed E-state index contributed by atoms with van der Waals surface area (Å²) in [6.07, 6.45) is 8.23. The van der Waals surface area contributed by atoms with Gasteiger partial charge in [-0.25, -0.2) is 9.78 Å². The second-order valence-electron chi connectivity index (χ2n) is 9.52. The lowest BCUT2D eigenvalue weighted by atomic mass is 9.89. The third kappa shape index (κ3) is 5.42. The van der Waals surface area contributed by atoms with Crippen molar-refractivity contribution in [3.05, 3.63) is 45.6 Å². The van der Waals surface area contributed by atoms with E-state index in [0.29, 0.717) is 6.04 Å². The molecule has 0 saturated heterocycles. The largest absolute Gasteiger partial charge is 0.362 e. The first kappa shape index (κ1) is 23.8. The molecule has 4 rings (SSSR count). The highest BCUT2D eigenvalue weighted by Crippen LogP contribution is 2.33. The summed E-state index contributed by atoms with van der Waals surface area (Å²) in [5, 5.41) is 3.59. The van der Waals surface area contributed by atoms with Crippen molar-refractivity contribution in [3.63, 3.8) is 0 Å². The van der Waals surface area contributed by atoms with Crippen molar-refractivity contribution in [2.45, 2.75) is 76.4 Å². The Morgan fingerprint density at radius 1 is 1.09 bits per heavy atom. The van der Waals surface area contributed by atoms with Gasteiger partial charge < -0.3 is 20.9 Å². The molecule has 2 aromatic rings. The quantitative estimate of drug-likeness (QED) is 0.563. The third-order valence-electron chi connectivity index (χ3n) is 7.03. The van der Waals surface area contributed by atoms with Gasteiger partial charge in [-0.1, -0.05) is 28.1 Å². The first-order valence-corrected chi connectivity index (χ1v) is 12.8. The molecule has 1 unspecified atom stereocenters. The summed E-state index contributed by atoms with van der Waals surface area (Å²) < 4.78 is 1.03. The molecule has 0 bridgehead atoms. The topological polar surface area (TPSA) is 87.4 Å². The Morgan fingerprint density at radius 3 is 2.39 bits per heavy atom. The first-order valence-electron chi connectivity index (χ1n) is 12.0. The normalized spacial score (nSPS) is 21.1. The second kappa shape index (κ2) is 10.3. The molecule has 1 saturated carbocycles. The number of benzene rings is 1. The molecule has 1 atom stereocenters. The van der Waals surface area contributed by atoms with Crippen LogP contribution in [0.5, 0.6) is 0 Å². The number of urea groups is 1. The number of anilines is 2. The fourth-order valence-electron chi connectivity index (χ4n) is 5.28. The average molecular weight is 516 g/mol. The third-order valence-corrected chi connectivity index (χ3v) is 7.56.